The van der Waals surface area contributed by atoms with Crippen molar-refractivity contribution in [3.8, 4) is 0 Å². The molecule has 1 amide bonds. The van der Waals surface area contributed by atoms with Crippen LogP contribution in [0.15, 0.2) is 0 Å². The van der Waals surface area contributed by atoms with Crippen LogP contribution in [-0.2, 0) is 9.47 Å². The lowest BCUT2D eigenvalue weighted by Gasteiger charge is -2.39. The van der Waals surface area contributed by atoms with Crippen LogP contribution in [0.25, 0.3) is 0 Å². The van der Waals surface area contributed by atoms with Crippen LogP contribution in [0.5, 0.6) is 0 Å². The molecule has 5 nitrogen and oxygen atoms in total. The van der Waals surface area contributed by atoms with Crippen molar-refractivity contribution in [3.63, 3.8) is 0 Å². The van der Waals surface area contributed by atoms with E-state index in [4.69, 9.17) is 9.47 Å². The number of carbonyl (C=O) groups is 1. The molecule has 0 aromatic carbocycles. The summed E-state index contributed by atoms with van der Waals surface area (Å²) < 4.78 is 10.7. The molecule has 0 bridgehead atoms. The third-order valence-corrected chi connectivity index (χ3v) is 4.06. The number of nitrogens with zero attached hydrogens (tertiary/aromatic N) is 1. The van der Waals surface area contributed by atoms with Gasteiger partial charge in [0, 0.05) is 25.0 Å². The Morgan fingerprint density at radius 3 is 2.71 bits per heavy atom. The van der Waals surface area contributed by atoms with E-state index in [0.29, 0.717) is 11.3 Å². The van der Waals surface area contributed by atoms with Gasteiger partial charge in [-0.2, -0.15) is 0 Å². The van der Waals surface area contributed by atoms with E-state index >= 15 is 0 Å². The summed E-state index contributed by atoms with van der Waals surface area (Å²) in [7, 11) is 0. The van der Waals surface area contributed by atoms with E-state index in [1.54, 1.807) is 0 Å². The number of amides is 1. The molecule has 0 aromatic heterocycles. The number of ether oxygens (including phenoxy) is 2. The van der Waals surface area contributed by atoms with E-state index in [1.165, 1.54) is 6.42 Å². The second kappa shape index (κ2) is 6.53. The molecule has 0 aromatic rings. The molecule has 0 spiro atoms. The second-order valence-electron chi connectivity index (χ2n) is 7.87. The Labute approximate surface area is 128 Å². The molecule has 2 fully saturated rings. The van der Waals surface area contributed by atoms with Gasteiger partial charge in [-0.15, -0.1) is 0 Å². The maximum absolute atomic E-state index is 12.1. The molecule has 0 radical (unpaired) electrons. The van der Waals surface area contributed by atoms with E-state index in [1.807, 2.05) is 25.7 Å². The van der Waals surface area contributed by atoms with Gasteiger partial charge in [0.2, 0.25) is 0 Å². The van der Waals surface area contributed by atoms with Crippen molar-refractivity contribution in [2.45, 2.75) is 46.1 Å². The maximum atomic E-state index is 12.1. The lowest BCUT2D eigenvalue weighted by Crippen LogP contribution is -2.49. The summed E-state index contributed by atoms with van der Waals surface area (Å²) in [5.41, 5.74) is -0.111. The molecule has 1 atom stereocenters. The Hall–Kier alpha value is -0.810. The fourth-order valence-corrected chi connectivity index (χ4v) is 2.85. The van der Waals surface area contributed by atoms with Gasteiger partial charge in [0.05, 0.1) is 13.2 Å². The minimum atomic E-state index is -0.416. The van der Waals surface area contributed by atoms with Crippen LogP contribution >= 0.6 is 0 Å². The molecule has 0 saturated carbocycles. The highest BCUT2D eigenvalue weighted by molar-refractivity contribution is 5.68. The van der Waals surface area contributed by atoms with E-state index in [2.05, 4.69) is 12.2 Å². The first-order chi connectivity index (χ1) is 9.77. The van der Waals surface area contributed by atoms with Crippen LogP contribution in [0, 0.1) is 11.3 Å². The number of likely N-dealkylation sites (tertiary alicyclic amines) is 1. The fourth-order valence-electron chi connectivity index (χ4n) is 2.85. The number of rotatable bonds is 4. The highest BCUT2D eigenvalue weighted by atomic mass is 16.6. The zero-order chi connectivity index (χ0) is 15.5. The highest BCUT2D eigenvalue weighted by Gasteiger charge is 2.33. The quantitative estimate of drug-likeness (QED) is 0.865. The first kappa shape index (κ1) is 16.6. The highest BCUT2D eigenvalue weighted by Crippen LogP contribution is 2.25. The zero-order valence-corrected chi connectivity index (χ0v) is 13.9. The van der Waals surface area contributed by atoms with Crippen molar-refractivity contribution in [3.05, 3.63) is 0 Å². The van der Waals surface area contributed by atoms with Crippen LogP contribution in [0.2, 0.25) is 0 Å². The van der Waals surface area contributed by atoms with Crippen molar-refractivity contribution in [2.75, 3.05) is 39.4 Å². The monoisotopic (exact) mass is 298 g/mol. The number of piperidine rings is 1. The summed E-state index contributed by atoms with van der Waals surface area (Å²) in [6.07, 6.45) is 2.07. The lowest BCUT2D eigenvalue weighted by molar-refractivity contribution is -0.0993. The van der Waals surface area contributed by atoms with Crippen LogP contribution in [0.3, 0.4) is 0 Å². The molecule has 0 aliphatic carbocycles. The molecule has 2 aliphatic heterocycles. The van der Waals surface area contributed by atoms with E-state index < -0.39 is 5.60 Å². The average molecular weight is 298 g/mol. The van der Waals surface area contributed by atoms with Gasteiger partial charge >= 0.3 is 6.09 Å². The minimum absolute atomic E-state index is 0.174. The van der Waals surface area contributed by atoms with Crippen molar-refractivity contribution in [1.29, 1.82) is 0 Å². The SMILES string of the molecule is CC1(CNCC2CCCN(C(=O)OC(C)(C)C)C2)COC1. The third-order valence-electron chi connectivity index (χ3n) is 4.06. The molecular formula is C16H30N2O3. The van der Waals surface area contributed by atoms with Crippen LogP contribution < -0.4 is 5.32 Å². The molecule has 2 rings (SSSR count). The van der Waals surface area contributed by atoms with Gasteiger partial charge in [0.15, 0.2) is 0 Å². The van der Waals surface area contributed by atoms with Crippen LogP contribution in [-0.4, -0.2) is 56.0 Å². The molecule has 21 heavy (non-hydrogen) atoms. The van der Waals surface area contributed by atoms with Crippen molar-refractivity contribution in [2.24, 2.45) is 11.3 Å². The Morgan fingerprint density at radius 2 is 2.14 bits per heavy atom. The summed E-state index contributed by atoms with van der Waals surface area (Å²) >= 11 is 0. The number of nitrogens with one attached hydrogen (secondary N) is 1. The van der Waals surface area contributed by atoms with Gasteiger partial charge < -0.3 is 19.7 Å². The molecule has 5 heteroatoms. The average Bonchev–Trinajstić information content (AvgIpc) is 2.35. The summed E-state index contributed by atoms with van der Waals surface area (Å²) in [5.74, 6) is 0.524. The molecular weight excluding hydrogens is 268 g/mol. The zero-order valence-electron chi connectivity index (χ0n) is 13.9. The predicted octanol–water partition coefficient (Wildman–Crippen LogP) is 2.26. The maximum Gasteiger partial charge on any atom is 0.410 e. The fraction of sp³-hybridized carbons (Fsp3) is 0.938. The number of hydrogen-bond acceptors (Lipinski definition) is 4. The summed E-state index contributed by atoms with van der Waals surface area (Å²) in [5, 5.41) is 3.55. The van der Waals surface area contributed by atoms with Gasteiger partial charge in [0.25, 0.3) is 0 Å². The van der Waals surface area contributed by atoms with E-state index in [-0.39, 0.29) is 6.09 Å². The standard InChI is InChI=1S/C16H30N2O3/c1-15(2,3)21-14(19)18-7-5-6-13(9-18)8-17-10-16(4)11-20-12-16/h13,17H,5-12H2,1-4H3. The largest absolute Gasteiger partial charge is 0.444 e. The van der Waals surface area contributed by atoms with E-state index in [0.717, 1.165) is 45.8 Å². The van der Waals surface area contributed by atoms with Gasteiger partial charge in [-0.3, -0.25) is 0 Å². The topological polar surface area (TPSA) is 50.8 Å². The van der Waals surface area contributed by atoms with Crippen LogP contribution in [0.1, 0.15) is 40.5 Å². The van der Waals surface area contributed by atoms with Crippen LogP contribution in [0.4, 0.5) is 4.79 Å². The lowest BCUT2D eigenvalue weighted by atomic mass is 9.88. The van der Waals surface area contributed by atoms with Crippen molar-refractivity contribution in [1.82, 2.24) is 10.2 Å². The molecule has 2 heterocycles. The normalized spacial score (nSPS) is 25.3. The Kier molecular flexibility index (Phi) is 5.15. The molecule has 2 saturated heterocycles. The van der Waals surface area contributed by atoms with Crippen molar-refractivity contribution < 1.29 is 14.3 Å². The Balaban J connectivity index is 1.71. The first-order valence-corrected chi connectivity index (χ1v) is 8.04. The molecule has 1 N–H and O–H groups in total. The molecule has 2 aliphatic rings. The second-order valence-corrected chi connectivity index (χ2v) is 7.87. The number of carbonyl (C=O) groups excluding carboxylic acids is 1. The predicted molar refractivity (Wildman–Crippen MR) is 82.3 cm³/mol. The van der Waals surface area contributed by atoms with Gasteiger partial charge in [-0.25, -0.2) is 4.79 Å². The summed E-state index contributed by atoms with van der Waals surface area (Å²) in [4.78, 5) is 14.0. The van der Waals surface area contributed by atoms with Gasteiger partial charge in [-0.1, -0.05) is 6.92 Å². The Morgan fingerprint density at radius 1 is 1.43 bits per heavy atom. The third kappa shape index (κ3) is 5.15. The number of hydrogen-bond donors (Lipinski definition) is 1. The minimum Gasteiger partial charge on any atom is -0.444 e. The van der Waals surface area contributed by atoms with Crippen molar-refractivity contribution >= 4 is 6.09 Å². The summed E-state index contributed by atoms with van der Waals surface area (Å²) in [6.45, 7) is 13.3. The van der Waals surface area contributed by atoms with Gasteiger partial charge in [-0.05, 0) is 46.1 Å². The van der Waals surface area contributed by atoms with E-state index in [9.17, 15) is 4.79 Å². The molecule has 122 valence electrons. The van der Waals surface area contributed by atoms with Gasteiger partial charge in [0.1, 0.15) is 5.60 Å². The smallest absolute Gasteiger partial charge is 0.410 e. The first-order valence-electron chi connectivity index (χ1n) is 8.04. The Bertz CT molecular complexity index is 361. The molecule has 1 unspecified atom stereocenters. The summed E-state index contributed by atoms with van der Waals surface area (Å²) in [6, 6.07) is 0.